The lowest BCUT2D eigenvalue weighted by Crippen LogP contribution is -2.07. The fourth-order valence-electron chi connectivity index (χ4n) is 2.79. The zero-order valence-corrected chi connectivity index (χ0v) is 16.8. The van der Waals surface area contributed by atoms with Crippen molar-refractivity contribution < 1.29 is 4.42 Å². The van der Waals surface area contributed by atoms with E-state index in [9.17, 15) is 0 Å². The number of aryl methyl sites for hydroxylation is 1. The van der Waals surface area contributed by atoms with Gasteiger partial charge in [0.05, 0.1) is 12.0 Å². The lowest BCUT2D eigenvalue weighted by molar-refractivity contribution is 0.567. The van der Waals surface area contributed by atoms with E-state index in [1.165, 1.54) is 11.8 Å². The Morgan fingerprint density at radius 1 is 1.10 bits per heavy atom. The minimum Gasteiger partial charge on any atom is -0.461 e. The molecule has 0 aliphatic heterocycles. The third-order valence-corrected chi connectivity index (χ3v) is 5.16. The summed E-state index contributed by atoms with van der Waals surface area (Å²) in [4.78, 5) is 12.9. The fourth-order valence-corrected chi connectivity index (χ4v) is 3.65. The third-order valence-electron chi connectivity index (χ3n) is 4.20. The monoisotopic (exact) mass is 408 g/mol. The first-order valence-electron chi connectivity index (χ1n) is 9.07. The SMILES string of the molecule is CCn1c(SCc2nc(N)nc(Nc3ccccc3C)n2)nnc1-c1ccco1. The predicted molar refractivity (Wildman–Crippen MR) is 112 cm³/mol. The molecular weight excluding hydrogens is 388 g/mol. The highest BCUT2D eigenvalue weighted by molar-refractivity contribution is 7.98. The second-order valence-corrected chi connectivity index (χ2v) is 7.13. The average Bonchev–Trinajstić information content (AvgIpc) is 3.37. The summed E-state index contributed by atoms with van der Waals surface area (Å²) < 4.78 is 7.43. The predicted octanol–water partition coefficient (Wildman–Crippen LogP) is 3.67. The quantitative estimate of drug-likeness (QED) is 0.441. The molecule has 1 aromatic carbocycles. The van der Waals surface area contributed by atoms with Gasteiger partial charge in [0.25, 0.3) is 0 Å². The maximum Gasteiger partial charge on any atom is 0.232 e. The first-order valence-corrected chi connectivity index (χ1v) is 10.1. The molecule has 0 saturated heterocycles. The molecule has 0 atom stereocenters. The van der Waals surface area contributed by atoms with Crippen LogP contribution in [0.15, 0.2) is 52.2 Å². The summed E-state index contributed by atoms with van der Waals surface area (Å²) in [6.07, 6.45) is 1.62. The van der Waals surface area contributed by atoms with Crippen LogP contribution in [0.1, 0.15) is 18.3 Å². The Kier molecular flexibility index (Phi) is 5.43. The van der Waals surface area contributed by atoms with E-state index in [0.717, 1.165) is 16.4 Å². The lowest BCUT2D eigenvalue weighted by Gasteiger charge is -2.09. The molecule has 0 unspecified atom stereocenters. The molecule has 0 spiro atoms. The zero-order valence-electron chi connectivity index (χ0n) is 16.0. The van der Waals surface area contributed by atoms with Crippen molar-refractivity contribution in [2.75, 3.05) is 11.1 Å². The van der Waals surface area contributed by atoms with E-state index in [2.05, 4.69) is 30.5 Å². The van der Waals surface area contributed by atoms with E-state index in [0.29, 0.717) is 35.7 Å². The standard InChI is InChI=1S/C19H20N8OS/c1-3-27-16(14-9-6-10-28-14)25-26-19(27)29-11-15-22-17(20)24-18(23-15)21-13-8-5-4-7-12(13)2/h4-10H,3,11H2,1-2H3,(H3,20,21,22,23,24). The second-order valence-electron chi connectivity index (χ2n) is 6.19. The van der Waals surface area contributed by atoms with Crippen LogP contribution < -0.4 is 11.1 Å². The van der Waals surface area contributed by atoms with Crippen LogP contribution in [0.2, 0.25) is 0 Å². The second kappa shape index (κ2) is 8.31. The van der Waals surface area contributed by atoms with Crippen LogP contribution in [-0.2, 0) is 12.3 Å². The Bertz CT molecular complexity index is 1110. The molecule has 3 N–H and O–H groups in total. The summed E-state index contributed by atoms with van der Waals surface area (Å²) in [5.74, 6) is 2.99. The van der Waals surface area contributed by atoms with Gasteiger partial charge in [-0.05, 0) is 37.6 Å². The molecule has 0 fully saturated rings. The van der Waals surface area contributed by atoms with Gasteiger partial charge in [-0.1, -0.05) is 30.0 Å². The van der Waals surface area contributed by atoms with Gasteiger partial charge in [-0.2, -0.15) is 15.0 Å². The zero-order chi connectivity index (χ0) is 20.2. The molecule has 0 bridgehead atoms. The Hall–Kier alpha value is -3.40. The normalized spacial score (nSPS) is 11.0. The number of rotatable bonds is 7. The fraction of sp³-hybridized carbons (Fsp3) is 0.211. The minimum atomic E-state index is 0.167. The van der Waals surface area contributed by atoms with Gasteiger partial charge in [0.2, 0.25) is 11.9 Å². The molecule has 3 heterocycles. The molecule has 148 valence electrons. The molecule has 0 amide bonds. The molecule has 0 aliphatic carbocycles. The molecule has 3 aromatic heterocycles. The first kappa shape index (κ1) is 18.9. The Morgan fingerprint density at radius 2 is 1.97 bits per heavy atom. The number of nitrogens with one attached hydrogen (secondary N) is 1. The van der Waals surface area contributed by atoms with Crippen molar-refractivity contribution in [3.63, 3.8) is 0 Å². The van der Waals surface area contributed by atoms with Gasteiger partial charge in [0, 0.05) is 12.2 Å². The Labute approximate surface area is 171 Å². The van der Waals surface area contributed by atoms with Gasteiger partial charge in [0.15, 0.2) is 16.7 Å². The van der Waals surface area contributed by atoms with E-state index < -0.39 is 0 Å². The number of thioether (sulfide) groups is 1. The number of benzene rings is 1. The largest absolute Gasteiger partial charge is 0.461 e. The van der Waals surface area contributed by atoms with Crippen LogP contribution in [0.3, 0.4) is 0 Å². The number of nitrogens with zero attached hydrogens (tertiary/aromatic N) is 6. The Balaban J connectivity index is 1.52. The summed E-state index contributed by atoms with van der Waals surface area (Å²) >= 11 is 1.48. The maximum atomic E-state index is 5.89. The van der Waals surface area contributed by atoms with E-state index in [1.807, 2.05) is 54.8 Å². The summed E-state index contributed by atoms with van der Waals surface area (Å²) in [5, 5.41) is 12.5. The first-order chi connectivity index (χ1) is 14.1. The number of hydrogen-bond donors (Lipinski definition) is 2. The van der Waals surface area contributed by atoms with Crippen molar-refractivity contribution in [1.82, 2.24) is 29.7 Å². The molecule has 0 saturated carbocycles. The van der Waals surface area contributed by atoms with Gasteiger partial charge in [0.1, 0.15) is 5.82 Å². The van der Waals surface area contributed by atoms with Crippen molar-refractivity contribution in [3.05, 3.63) is 54.0 Å². The van der Waals surface area contributed by atoms with Gasteiger partial charge in [-0.3, -0.25) is 4.57 Å². The van der Waals surface area contributed by atoms with Crippen LogP contribution in [0.4, 0.5) is 17.6 Å². The topological polar surface area (TPSA) is 121 Å². The van der Waals surface area contributed by atoms with Gasteiger partial charge >= 0.3 is 0 Å². The number of hydrogen-bond acceptors (Lipinski definition) is 9. The smallest absolute Gasteiger partial charge is 0.232 e. The average molecular weight is 408 g/mol. The number of aromatic nitrogens is 6. The van der Waals surface area contributed by atoms with Crippen LogP contribution in [0.25, 0.3) is 11.6 Å². The van der Waals surface area contributed by atoms with E-state index in [-0.39, 0.29) is 5.95 Å². The number of nitrogens with two attached hydrogens (primary N) is 1. The van der Waals surface area contributed by atoms with E-state index in [1.54, 1.807) is 6.26 Å². The number of furan rings is 1. The number of nitrogen functional groups attached to an aromatic ring is 1. The molecular formula is C19H20N8OS. The highest BCUT2D eigenvalue weighted by Gasteiger charge is 2.16. The van der Waals surface area contributed by atoms with Crippen LogP contribution in [0.5, 0.6) is 0 Å². The van der Waals surface area contributed by atoms with Gasteiger partial charge in [-0.15, -0.1) is 10.2 Å². The summed E-state index contributed by atoms with van der Waals surface area (Å²) in [7, 11) is 0. The van der Waals surface area contributed by atoms with Crippen molar-refractivity contribution >= 4 is 29.3 Å². The molecule has 4 rings (SSSR count). The lowest BCUT2D eigenvalue weighted by atomic mass is 10.2. The molecule has 4 aromatic rings. The molecule has 29 heavy (non-hydrogen) atoms. The molecule has 9 nitrogen and oxygen atoms in total. The summed E-state index contributed by atoms with van der Waals surface area (Å²) in [5.41, 5.74) is 7.90. The van der Waals surface area contributed by atoms with Crippen molar-refractivity contribution in [2.24, 2.45) is 0 Å². The van der Waals surface area contributed by atoms with E-state index >= 15 is 0 Å². The Morgan fingerprint density at radius 3 is 2.72 bits per heavy atom. The summed E-state index contributed by atoms with van der Waals surface area (Å²) in [6, 6.07) is 11.6. The highest BCUT2D eigenvalue weighted by atomic mass is 32.2. The highest BCUT2D eigenvalue weighted by Crippen LogP contribution is 2.26. The number of anilines is 3. The van der Waals surface area contributed by atoms with Crippen molar-refractivity contribution in [1.29, 1.82) is 0 Å². The number of para-hydroxylation sites is 1. The summed E-state index contributed by atoms with van der Waals surface area (Å²) in [6.45, 7) is 4.76. The van der Waals surface area contributed by atoms with Crippen LogP contribution >= 0.6 is 11.8 Å². The maximum absolute atomic E-state index is 5.89. The van der Waals surface area contributed by atoms with E-state index in [4.69, 9.17) is 10.2 Å². The molecule has 0 radical (unpaired) electrons. The van der Waals surface area contributed by atoms with Crippen molar-refractivity contribution in [2.45, 2.75) is 31.3 Å². The minimum absolute atomic E-state index is 0.167. The van der Waals surface area contributed by atoms with Gasteiger partial charge < -0.3 is 15.5 Å². The van der Waals surface area contributed by atoms with Gasteiger partial charge in [-0.25, -0.2) is 0 Å². The van der Waals surface area contributed by atoms with Crippen molar-refractivity contribution in [3.8, 4) is 11.6 Å². The molecule has 0 aliphatic rings. The molecule has 10 heteroatoms. The van der Waals surface area contributed by atoms with Crippen LogP contribution in [-0.4, -0.2) is 29.7 Å². The van der Waals surface area contributed by atoms with Crippen LogP contribution in [0, 0.1) is 6.92 Å². The third kappa shape index (κ3) is 4.21.